The van der Waals surface area contributed by atoms with Crippen LogP contribution in [0, 0.1) is 5.41 Å². The van der Waals surface area contributed by atoms with E-state index >= 15 is 0 Å². The summed E-state index contributed by atoms with van der Waals surface area (Å²) < 4.78 is 10.00. The van der Waals surface area contributed by atoms with E-state index in [1.54, 1.807) is 6.07 Å². The Morgan fingerprint density at radius 1 is 1.50 bits per heavy atom. The molecule has 1 aromatic heterocycles. The Labute approximate surface area is 108 Å². The summed E-state index contributed by atoms with van der Waals surface area (Å²) in [6, 6.07) is 3.47. The number of rotatable bonds is 6. The average Bonchev–Trinajstić information content (AvgIpc) is 2.80. The zero-order valence-corrected chi connectivity index (χ0v) is 11.1. The van der Waals surface area contributed by atoms with E-state index in [1.807, 2.05) is 6.07 Å². The first kappa shape index (κ1) is 13.1. The van der Waals surface area contributed by atoms with E-state index in [-0.39, 0.29) is 5.76 Å². The van der Waals surface area contributed by atoms with Crippen LogP contribution in [0.15, 0.2) is 16.5 Å². The third kappa shape index (κ3) is 2.75. The van der Waals surface area contributed by atoms with Crippen molar-refractivity contribution in [2.24, 2.45) is 5.41 Å². The number of furan rings is 1. The van der Waals surface area contributed by atoms with Crippen LogP contribution in [0.3, 0.4) is 0 Å². The van der Waals surface area contributed by atoms with Crippen molar-refractivity contribution < 1.29 is 13.9 Å². The highest BCUT2D eigenvalue weighted by Gasteiger charge is 2.34. The zero-order valence-electron chi connectivity index (χ0n) is 11.1. The molecule has 0 aromatic carbocycles. The maximum atomic E-state index is 11.2. The van der Waals surface area contributed by atoms with Crippen LogP contribution in [0.5, 0.6) is 0 Å². The molecule has 0 bridgehead atoms. The summed E-state index contributed by atoms with van der Waals surface area (Å²) in [5.41, 5.74) is 0.498. The Morgan fingerprint density at radius 3 is 2.83 bits per heavy atom. The second-order valence-corrected chi connectivity index (χ2v) is 5.07. The fourth-order valence-corrected chi connectivity index (χ4v) is 2.47. The van der Waals surface area contributed by atoms with E-state index in [4.69, 9.17) is 4.42 Å². The topological polar surface area (TPSA) is 51.5 Å². The molecular formula is C14H21NO3. The van der Waals surface area contributed by atoms with Crippen molar-refractivity contribution in [1.29, 1.82) is 0 Å². The van der Waals surface area contributed by atoms with Crippen molar-refractivity contribution >= 4 is 5.97 Å². The Kier molecular flexibility index (Phi) is 4.07. The van der Waals surface area contributed by atoms with E-state index in [1.165, 1.54) is 32.8 Å². The summed E-state index contributed by atoms with van der Waals surface area (Å²) in [5, 5.41) is 3.42. The van der Waals surface area contributed by atoms with Crippen molar-refractivity contribution in [3.05, 3.63) is 23.7 Å². The standard InChI is InChI=1S/C14H21NO3/c1-3-14(7-4-8-14)10-15-9-11-5-6-12(18-11)13(16)17-2/h5-6,15H,3-4,7-10H2,1-2H3. The summed E-state index contributed by atoms with van der Waals surface area (Å²) >= 11 is 0. The van der Waals surface area contributed by atoms with E-state index in [2.05, 4.69) is 17.0 Å². The highest BCUT2D eigenvalue weighted by atomic mass is 16.5. The van der Waals surface area contributed by atoms with Gasteiger partial charge in [0, 0.05) is 6.54 Å². The third-order valence-corrected chi connectivity index (χ3v) is 4.01. The van der Waals surface area contributed by atoms with Crippen molar-refractivity contribution in [2.75, 3.05) is 13.7 Å². The molecule has 4 nitrogen and oxygen atoms in total. The molecule has 18 heavy (non-hydrogen) atoms. The molecule has 1 heterocycles. The molecule has 0 unspecified atom stereocenters. The summed E-state index contributed by atoms with van der Waals surface area (Å²) in [6.45, 7) is 3.94. The molecule has 1 N–H and O–H groups in total. The number of ether oxygens (including phenoxy) is 1. The number of esters is 1. The lowest BCUT2D eigenvalue weighted by Crippen LogP contribution is -2.39. The quantitative estimate of drug-likeness (QED) is 0.790. The SMILES string of the molecule is CCC1(CNCc2ccc(C(=O)OC)o2)CCC1. The van der Waals surface area contributed by atoms with Gasteiger partial charge in [0.15, 0.2) is 0 Å². The summed E-state index contributed by atoms with van der Waals surface area (Å²) in [4.78, 5) is 11.2. The van der Waals surface area contributed by atoms with Crippen LogP contribution >= 0.6 is 0 Å². The van der Waals surface area contributed by atoms with Gasteiger partial charge in [0.05, 0.1) is 13.7 Å². The van der Waals surface area contributed by atoms with Crippen LogP contribution in [-0.4, -0.2) is 19.6 Å². The van der Waals surface area contributed by atoms with Gasteiger partial charge in [-0.05, 0) is 36.8 Å². The molecule has 1 aromatic rings. The Balaban J connectivity index is 1.80. The van der Waals surface area contributed by atoms with Crippen LogP contribution in [0.25, 0.3) is 0 Å². The minimum Gasteiger partial charge on any atom is -0.463 e. The predicted molar refractivity (Wildman–Crippen MR) is 68.3 cm³/mol. The predicted octanol–water partition coefficient (Wildman–Crippen LogP) is 2.74. The Hall–Kier alpha value is -1.29. The minimum absolute atomic E-state index is 0.267. The smallest absolute Gasteiger partial charge is 0.373 e. The van der Waals surface area contributed by atoms with Crippen LogP contribution in [0.2, 0.25) is 0 Å². The molecule has 0 radical (unpaired) electrons. The second-order valence-electron chi connectivity index (χ2n) is 5.07. The normalized spacial score (nSPS) is 17.2. The zero-order chi connectivity index (χ0) is 13.0. The molecule has 1 aliphatic carbocycles. The highest BCUT2D eigenvalue weighted by Crippen LogP contribution is 2.43. The first-order valence-corrected chi connectivity index (χ1v) is 6.57. The fourth-order valence-electron chi connectivity index (χ4n) is 2.47. The van der Waals surface area contributed by atoms with Gasteiger partial charge in [-0.3, -0.25) is 0 Å². The number of nitrogens with one attached hydrogen (secondary N) is 1. The monoisotopic (exact) mass is 251 g/mol. The third-order valence-electron chi connectivity index (χ3n) is 4.01. The van der Waals surface area contributed by atoms with Gasteiger partial charge in [0.2, 0.25) is 5.76 Å². The van der Waals surface area contributed by atoms with Crippen LogP contribution in [0.4, 0.5) is 0 Å². The maximum Gasteiger partial charge on any atom is 0.373 e. The first-order valence-electron chi connectivity index (χ1n) is 6.57. The van der Waals surface area contributed by atoms with Gasteiger partial charge in [-0.1, -0.05) is 13.3 Å². The molecule has 4 heteroatoms. The lowest BCUT2D eigenvalue weighted by Gasteiger charge is -2.41. The Bertz CT molecular complexity index is 401. The lowest BCUT2D eigenvalue weighted by molar-refractivity contribution is 0.0562. The van der Waals surface area contributed by atoms with E-state index in [9.17, 15) is 4.79 Å². The molecule has 0 amide bonds. The van der Waals surface area contributed by atoms with Crippen molar-refractivity contribution in [2.45, 2.75) is 39.2 Å². The molecule has 1 aliphatic rings. The number of carbonyl (C=O) groups excluding carboxylic acids is 1. The van der Waals surface area contributed by atoms with E-state index < -0.39 is 5.97 Å². The molecule has 0 saturated heterocycles. The molecule has 1 fully saturated rings. The van der Waals surface area contributed by atoms with Crippen molar-refractivity contribution in [1.82, 2.24) is 5.32 Å². The summed E-state index contributed by atoms with van der Waals surface area (Å²) in [7, 11) is 1.35. The molecular weight excluding hydrogens is 230 g/mol. The van der Waals surface area contributed by atoms with Gasteiger partial charge in [-0.25, -0.2) is 4.79 Å². The second kappa shape index (κ2) is 5.57. The Morgan fingerprint density at radius 2 is 2.28 bits per heavy atom. The molecule has 100 valence electrons. The first-order chi connectivity index (χ1) is 8.69. The molecule has 2 rings (SSSR count). The van der Waals surface area contributed by atoms with Gasteiger partial charge in [0.1, 0.15) is 5.76 Å². The van der Waals surface area contributed by atoms with Crippen LogP contribution in [-0.2, 0) is 11.3 Å². The molecule has 0 spiro atoms. The molecule has 0 atom stereocenters. The van der Waals surface area contributed by atoms with E-state index in [0.29, 0.717) is 12.0 Å². The van der Waals surface area contributed by atoms with Gasteiger partial charge >= 0.3 is 5.97 Å². The minimum atomic E-state index is -0.426. The van der Waals surface area contributed by atoms with Gasteiger partial charge < -0.3 is 14.5 Å². The van der Waals surface area contributed by atoms with Crippen molar-refractivity contribution in [3.8, 4) is 0 Å². The van der Waals surface area contributed by atoms with Gasteiger partial charge in [-0.2, -0.15) is 0 Å². The van der Waals surface area contributed by atoms with Crippen LogP contribution < -0.4 is 5.32 Å². The van der Waals surface area contributed by atoms with Gasteiger partial charge in [0.25, 0.3) is 0 Å². The maximum absolute atomic E-state index is 11.2. The summed E-state index contributed by atoms with van der Waals surface area (Å²) in [5.74, 6) is 0.620. The molecule has 1 saturated carbocycles. The lowest BCUT2D eigenvalue weighted by atomic mass is 9.67. The molecule has 0 aliphatic heterocycles. The van der Waals surface area contributed by atoms with E-state index in [0.717, 1.165) is 12.3 Å². The fraction of sp³-hybridized carbons (Fsp3) is 0.643. The largest absolute Gasteiger partial charge is 0.463 e. The van der Waals surface area contributed by atoms with Crippen molar-refractivity contribution in [3.63, 3.8) is 0 Å². The number of carbonyl (C=O) groups is 1. The number of hydrogen-bond donors (Lipinski definition) is 1. The van der Waals surface area contributed by atoms with Gasteiger partial charge in [-0.15, -0.1) is 0 Å². The highest BCUT2D eigenvalue weighted by molar-refractivity contribution is 5.86. The average molecular weight is 251 g/mol. The number of methoxy groups -OCH3 is 1. The summed E-state index contributed by atoms with van der Waals surface area (Å²) in [6.07, 6.45) is 5.22. The number of hydrogen-bond acceptors (Lipinski definition) is 4. The van der Waals surface area contributed by atoms with Crippen LogP contribution in [0.1, 0.15) is 48.9 Å².